The zero-order valence-corrected chi connectivity index (χ0v) is 12.9. The lowest BCUT2D eigenvalue weighted by atomic mass is 10.1. The smallest absolute Gasteiger partial charge is 0.238 e. The molecule has 1 saturated heterocycles. The molecule has 1 amide bonds. The van der Waals surface area contributed by atoms with Gasteiger partial charge in [-0.25, -0.2) is 0 Å². The lowest BCUT2D eigenvalue weighted by Crippen LogP contribution is -2.33. The predicted molar refractivity (Wildman–Crippen MR) is 83.6 cm³/mol. The molecule has 1 aromatic rings. The third-order valence-corrected chi connectivity index (χ3v) is 3.19. The maximum absolute atomic E-state index is 11.8. The summed E-state index contributed by atoms with van der Waals surface area (Å²) in [6, 6.07) is 6.04. The Balaban J connectivity index is 0.00000200. The summed E-state index contributed by atoms with van der Waals surface area (Å²) in [7, 11) is 0. The molecule has 4 nitrogen and oxygen atoms in total. The topological polar surface area (TPSA) is 50.4 Å². The van der Waals surface area contributed by atoms with E-state index >= 15 is 0 Å². The van der Waals surface area contributed by atoms with E-state index in [1.165, 1.54) is 0 Å². The van der Waals surface area contributed by atoms with Gasteiger partial charge in [-0.2, -0.15) is 0 Å². The number of hydrogen-bond acceptors (Lipinski definition) is 3. The van der Waals surface area contributed by atoms with Crippen molar-refractivity contribution >= 4 is 24.0 Å². The molecule has 1 aromatic carbocycles. The van der Waals surface area contributed by atoms with Gasteiger partial charge in [-0.1, -0.05) is 6.07 Å². The Morgan fingerprint density at radius 3 is 2.60 bits per heavy atom. The highest BCUT2D eigenvalue weighted by Gasteiger charge is 2.15. The lowest BCUT2D eigenvalue weighted by molar-refractivity contribution is -0.115. The van der Waals surface area contributed by atoms with E-state index in [0.29, 0.717) is 6.54 Å². The summed E-state index contributed by atoms with van der Waals surface area (Å²) in [5.41, 5.74) is 3.17. The minimum atomic E-state index is -0.0111. The molecule has 0 aliphatic carbocycles. The fourth-order valence-electron chi connectivity index (χ4n) is 2.40. The molecule has 5 heteroatoms. The van der Waals surface area contributed by atoms with Crippen LogP contribution >= 0.6 is 12.4 Å². The van der Waals surface area contributed by atoms with Crippen molar-refractivity contribution in [3.05, 3.63) is 29.3 Å². The number of rotatable bonds is 5. The van der Waals surface area contributed by atoms with Crippen molar-refractivity contribution in [3.63, 3.8) is 0 Å². The van der Waals surface area contributed by atoms with Crippen LogP contribution in [-0.4, -0.2) is 31.7 Å². The molecule has 112 valence electrons. The monoisotopic (exact) mass is 298 g/mol. The fraction of sp³-hybridized carbons (Fsp3) is 0.533. The quantitative estimate of drug-likeness (QED) is 0.878. The Labute approximate surface area is 126 Å². The Kier molecular flexibility index (Phi) is 6.99. The van der Waals surface area contributed by atoms with E-state index < -0.39 is 0 Å². The number of halogens is 1. The van der Waals surface area contributed by atoms with Gasteiger partial charge in [0, 0.05) is 18.8 Å². The first-order valence-electron chi connectivity index (χ1n) is 6.84. The van der Waals surface area contributed by atoms with E-state index in [9.17, 15) is 4.79 Å². The Morgan fingerprint density at radius 1 is 1.30 bits per heavy atom. The van der Waals surface area contributed by atoms with Gasteiger partial charge in [-0.15, -0.1) is 12.4 Å². The minimum absolute atomic E-state index is 0. The molecule has 2 N–H and O–H groups in total. The van der Waals surface area contributed by atoms with Crippen molar-refractivity contribution in [1.29, 1.82) is 0 Å². The van der Waals surface area contributed by atoms with Gasteiger partial charge in [0.05, 0.1) is 12.6 Å². The first-order chi connectivity index (χ1) is 9.13. The average Bonchev–Trinajstić information content (AvgIpc) is 2.80. The second-order valence-electron chi connectivity index (χ2n) is 5.19. The number of aryl methyl sites for hydroxylation is 2. The number of benzene rings is 1. The van der Waals surface area contributed by atoms with Crippen molar-refractivity contribution in [2.75, 3.05) is 25.0 Å². The van der Waals surface area contributed by atoms with Crippen molar-refractivity contribution < 1.29 is 9.53 Å². The van der Waals surface area contributed by atoms with Crippen molar-refractivity contribution in [3.8, 4) is 0 Å². The van der Waals surface area contributed by atoms with Crippen molar-refractivity contribution in [1.82, 2.24) is 5.32 Å². The van der Waals surface area contributed by atoms with Gasteiger partial charge in [0.2, 0.25) is 5.91 Å². The van der Waals surface area contributed by atoms with Crippen LogP contribution in [0.2, 0.25) is 0 Å². The summed E-state index contributed by atoms with van der Waals surface area (Å²) in [5, 5.41) is 6.05. The number of carbonyl (C=O) groups is 1. The van der Waals surface area contributed by atoms with Crippen LogP contribution in [0.25, 0.3) is 0 Å². The lowest BCUT2D eigenvalue weighted by Gasteiger charge is -2.11. The first kappa shape index (κ1) is 17.0. The molecule has 1 aliphatic rings. The maximum Gasteiger partial charge on any atom is 0.238 e. The summed E-state index contributed by atoms with van der Waals surface area (Å²) in [6.07, 6.45) is 2.49. The summed E-state index contributed by atoms with van der Waals surface area (Å²) in [4.78, 5) is 11.8. The summed E-state index contributed by atoms with van der Waals surface area (Å²) >= 11 is 0. The predicted octanol–water partition coefficient (Wildman–Crippen LogP) is 2.43. The van der Waals surface area contributed by atoms with Crippen LogP contribution in [0.1, 0.15) is 24.0 Å². The van der Waals surface area contributed by atoms with Crippen LogP contribution in [0.3, 0.4) is 0 Å². The Hall–Kier alpha value is -1.10. The molecule has 1 fully saturated rings. The third-order valence-electron chi connectivity index (χ3n) is 3.19. The van der Waals surface area contributed by atoms with E-state index in [0.717, 1.165) is 42.8 Å². The number of nitrogens with one attached hydrogen (secondary N) is 2. The number of anilines is 1. The highest BCUT2D eigenvalue weighted by molar-refractivity contribution is 5.92. The molecule has 1 unspecified atom stereocenters. The van der Waals surface area contributed by atoms with Crippen LogP contribution in [0.15, 0.2) is 18.2 Å². The molecule has 0 spiro atoms. The molecular formula is C15H23ClN2O2. The zero-order valence-electron chi connectivity index (χ0n) is 12.1. The number of ether oxygens (including phenoxy) is 1. The van der Waals surface area contributed by atoms with Gasteiger partial charge in [0.15, 0.2) is 0 Å². The fourth-order valence-corrected chi connectivity index (χ4v) is 2.40. The van der Waals surface area contributed by atoms with E-state index in [4.69, 9.17) is 4.74 Å². The summed E-state index contributed by atoms with van der Waals surface area (Å²) in [5.74, 6) is -0.0111. The summed E-state index contributed by atoms with van der Waals surface area (Å²) in [6.45, 7) is 5.98. The van der Waals surface area contributed by atoms with E-state index in [1.807, 2.05) is 26.0 Å². The van der Waals surface area contributed by atoms with Crippen LogP contribution in [-0.2, 0) is 9.53 Å². The van der Waals surface area contributed by atoms with Gasteiger partial charge in [-0.05, 0) is 49.9 Å². The molecule has 1 heterocycles. The molecule has 2 rings (SSSR count). The normalized spacial score (nSPS) is 17.6. The van der Waals surface area contributed by atoms with Crippen molar-refractivity contribution in [2.45, 2.75) is 32.8 Å². The molecule has 0 bridgehead atoms. The number of carbonyl (C=O) groups excluding carboxylic acids is 1. The Morgan fingerprint density at radius 2 is 2.00 bits per heavy atom. The van der Waals surface area contributed by atoms with E-state index in [1.54, 1.807) is 0 Å². The van der Waals surface area contributed by atoms with E-state index in [2.05, 4.69) is 16.7 Å². The van der Waals surface area contributed by atoms with Crippen LogP contribution in [0.5, 0.6) is 0 Å². The first-order valence-corrected chi connectivity index (χ1v) is 6.84. The molecule has 20 heavy (non-hydrogen) atoms. The molecule has 1 atom stereocenters. The minimum Gasteiger partial charge on any atom is -0.377 e. The van der Waals surface area contributed by atoms with Gasteiger partial charge >= 0.3 is 0 Å². The Bertz CT molecular complexity index is 425. The standard InChI is InChI=1S/C15H22N2O2.ClH/c1-11-6-12(2)8-13(7-11)17-15(18)10-16-9-14-4-3-5-19-14;/h6-8,14,16H,3-5,9-10H2,1-2H3,(H,17,18);1H. The van der Waals surface area contributed by atoms with Crippen LogP contribution in [0.4, 0.5) is 5.69 Å². The molecule has 1 aliphatic heterocycles. The molecule has 0 aromatic heterocycles. The van der Waals surface area contributed by atoms with E-state index in [-0.39, 0.29) is 24.4 Å². The third kappa shape index (κ3) is 5.49. The summed E-state index contributed by atoms with van der Waals surface area (Å²) < 4.78 is 5.49. The molecular weight excluding hydrogens is 276 g/mol. The highest BCUT2D eigenvalue weighted by Crippen LogP contribution is 2.13. The maximum atomic E-state index is 11.8. The molecule has 0 saturated carbocycles. The number of amides is 1. The van der Waals surface area contributed by atoms with Gasteiger partial charge in [0.25, 0.3) is 0 Å². The average molecular weight is 299 g/mol. The SMILES string of the molecule is Cc1cc(C)cc(NC(=O)CNCC2CCCO2)c1.Cl. The highest BCUT2D eigenvalue weighted by atomic mass is 35.5. The second kappa shape index (κ2) is 8.25. The molecule has 0 radical (unpaired) electrons. The number of hydrogen-bond donors (Lipinski definition) is 2. The van der Waals surface area contributed by atoms with Crippen LogP contribution in [0, 0.1) is 13.8 Å². The van der Waals surface area contributed by atoms with Gasteiger partial charge < -0.3 is 15.4 Å². The van der Waals surface area contributed by atoms with Gasteiger partial charge in [-0.3, -0.25) is 4.79 Å². The largest absolute Gasteiger partial charge is 0.377 e. The van der Waals surface area contributed by atoms with Crippen molar-refractivity contribution in [2.24, 2.45) is 0 Å². The van der Waals surface area contributed by atoms with Crippen LogP contribution < -0.4 is 10.6 Å². The second-order valence-corrected chi connectivity index (χ2v) is 5.19. The zero-order chi connectivity index (χ0) is 13.7. The van der Waals surface area contributed by atoms with Gasteiger partial charge in [0.1, 0.15) is 0 Å².